The molecule has 0 saturated heterocycles. The van der Waals surface area contributed by atoms with E-state index in [1.54, 1.807) is 11.3 Å². The summed E-state index contributed by atoms with van der Waals surface area (Å²) in [6.07, 6.45) is 0. The van der Waals surface area contributed by atoms with Crippen molar-refractivity contribution < 1.29 is 17.9 Å². The van der Waals surface area contributed by atoms with Gasteiger partial charge in [0.25, 0.3) is 6.02 Å². The van der Waals surface area contributed by atoms with Gasteiger partial charge in [-0.25, -0.2) is 13.2 Å². The number of aliphatic imine (C=N–C) groups is 1. The van der Waals surface area contributed by atoms with Crippen molar-refractivity contribution in [3.63, 3.8) is 0 Å². The summed E-state index contributed by atoms with van der Waals surface area (Å²) >= 11 is 1.55. The van der Waals surface area contributed by atoms with E-state index in [4.69, 9.17) is 4.74 Å². The highest BCUT2D eigenvalue weighted by molar-refractivity contribution is 7.09. The normalized spacial score (nSPS) is 14.2. The summed E-state index contributed by atoms with van der Waals surface area (Å²) in [5.74, 6) is -2.19. The minimum atomic E-state index is -0.945. The van der Waals surface area contributed by atoms with Crippen LogP contribution in [0.5, 0.6) is 0 Å². The molecule has 0 atom stereocenters. The number of thiophene rings is 1. The number of ether oxygens (including phenoxy) is 1. The Bertz CT molecular complexity index is 775. The molecule has 0 saturated carbocycles. The Balaban J connectivity index is 1.60. The van der Waals surface area contributed by atoms with Crippen molar-refractivity contribution in [1.29, 1.82) is 0 Å². The third kappa shape index (κ3) is 4.08. The van der Waals surface area contributed by atoms with Crippen LogP contribution in [-0.4, -0.2) is 12.6 Å². The fourth-order valence-electron chi connectivity index (χ4n) is 2.02. The van der Waals surface area contributed by atoms with Crippen LogP contribution >= 0.6 is 11.3 Å². The fraction of sp³-hybridized carbons (Fsp3) is 0.188. The smallest absolute Gasteiger partial charge is 0.292 e. The summed E-state index contributed by atoms with van der Waals surface area (Å²) in [4.78, 5) is 5.08. The Kier molecular flexibility index (Phi) is 5.05. The molecule has 2 aromatic rings. The van der Waals surface area contributed by atoms with Gasteiger partial charge in [-0.3, -0.25) is 0 Å². The van der Waals surface area contributed by atoms with E-state index in [2.05, 4.69) is 15.6 Å². The van der Waals surface area contributed by atoms with E-state index >= 15 is 0 Å². The second kappa shape index (κ2) is 7.39. The van der Waals surface area contributed by atoms with Crippen LogP contribution in [-0.2, 0) is 17.9 Å². The van der Waals surface area contributed by atoms with Gasteiger partial charge in [0.2, 0.25) is 0 Å². The zero-order valence-corrected chi connectivity index (χ0v) is 13.3. The molecular weight excluding hydrogens is 339 g/mol. The van der Waals surface area contributed by atoms with Crippen LogP contribution in [0.15, 0.2) is 52.4 Å². The molecule has 0 amide bonds. The standard InChI is InChI=1S/C16H14F3N3OS/c17-12-4-3-10(6-13(12)18)9-23-16-21-8-14(19)15(22-16)20-7-11-2-1-5-24-11/h1-6,20H,7-9H2,(H,21,22). The van der Waals surface area contributed by atoms with Crippen molar-refractivity contribution in [1.82, 2.24) is 10.6 Å². The topological polar surface area (TPSA) is 45.7 Å². The van der Waals surface area contributed by atoms with Gasteiger partial charge in [-0.1, -0.05) is 12.1 Å². The van der Waals surface area contributed by atoms with Gasteiger partial charge in [0.05, 0.1) is 13.1 Å². The van der Waals surface area contributed by atoms with Crippen LogP contribution < -0.4 is 10.6 Å². The Labute approximate surface area is 140 Å². The predicted molar refractivity (Wildman–Crippen MR) is 85.9 cm³/mol. The van der Waals surface area contributed by atoms with Gasteiger partial charge in [0, 0.05) is 4.88 Å². The largest absolute Gasteiger partial charge is 0.460 e. The van der Waals surface area contributed by atoms with Gasteiger partial charge in [0.15, 0.2) is 23.3 Å². The van der Waals surface area contributed by atoms with Crippen LogP contribution in [0.4, 0.5) is 13.2 Å². The van der Waals surface area contributed by atoms with E-state index < -0.39 is 17.5 Å². The molecule has 0 bridgehead atoms. The molecule has 0 aliphatic carbocycles. The molecule has 2 N–H and O–H groups in total. The molecule has 0 unspecified atom stereocenters. The van der Waals surface area contributed by atoms with E-state index in [1.807, 2.05) is 17.5 Å². The molecule has 3 rings (SSSR count). The van der Waals surface area contributed by atoms with E-state index in [-0.39, 0.29) is 25.0 Å². The summed E-state index contributed by atoms with van der Waals surface area (Å²) < 4.78 is 45.2. The summed E-state index contributed by atoms with van der Waals surface area (Å²) in [6, 6.07) is 7.45. The van der Waals surface area contributed by atoms with Gasteiger partial charge >= 0.3 is 0 Å². The van der Waals surface area contributed by atoms with Crippen LogP contribution in [0.25, 0.3) is 0 Å². The Morgan fingerprint density at radius 3 is 2.83 bits per heavy atom. The number of nitrogens with one attached hydrogen (secondary N) is 2. The highest BCUT2D eigenvalue weighted by Gasteiger charge is 2.16. The lowest BCUT2D eigenvalue weighted by atomic mass is 10.2. The maximum Gasteiger partial charge on any atom is 0.292 e. The third-order valence-electron chi connectivity index (χ3n) is 3.23. The van der Waals surface area contributed by atoms with Crippen molar-refractivity contribution in [3.8, 4) is 0 Å². The summed E-state index contributed by atoms with van der Waals surface area (Å²) in [7, 11) is 0. The van der Waals surface area contributed by atoms with E-state index in [9.17, 15) is 13.2 Å². The monoisotopic (exact) mass is 353 g/mol. The first-order chi connectivity index (χ1) is 11.6. The molecule has 1 aromatic heterocycles. The van der Waals surface area contributed by atoms with Crippen LogP contribution in [0.2, 0.25) is 0 Å². The predicted octanol–water partition coefficient (Wildman–Crippen LogP) is 3.43. The number of hydrogen-bond donors (Lipinski definition) is 2. The van der Waals surface area contributed by atoms with Crippen LogP contribution in [0.1, 0.15) is 10.4 Å². The van der Waals surface area contributed by atoms with Crippen molar-refractivity contribution in [3.05, 3.63) is 69.4 Å². The van der Waals surface area contributed by atoms with Gasteiger partial charge in [0.1, 0.15) is 6.61 Å². The minimum absolute atomic E-state index is 0.0111. The molecule has 4 nitrogen and oxygen atoms in total. The maximum absolute atomic E-state index is 13.8. The molecule has 24 heavy (non-hydrogen) atoms. The Morgan fingerprint density at radius 1 is 1.21 bits per heavy atom. The van der Waals surface area contributed by atoms with Crippen molar-refractivity contribution in [2.45, 2.75) is 13.2 Å². The molecule has 2 heterocycles. The van der Waals surface area contributed by atoms with Crippen molar-refractivity contribution in [2.75, 3.05) is 6.54 Å². The fourth-order valence-corrected chi connectivity index (χ4v) is 2.67. The van der Waals surface area contributed by atoms with Crippen LogP contribution in [0.3, 0.4) is 0 Å². The highest BCUT2D eigenvalue weighted by atomic mass is 32.1. The third-order valence-corrected chi connectivity index (χ3v) is 4.11. The first-order valence-corrected chi connectivity index (χ1v) is 8.04. The Morgan fingerprint density at radius 2 is 2.08 bits per heavy atom. The Hall–Kier alpha value is -2.48. The lowest BCUT2D eigenvalue weighted by molar-refractivity contribution is 0.273. The summed E-state index contributed by atoms with van der Waals surface area (Å²) in [6.45, 7) is 0.395. The van der Waals surface area contributed by atoms with E-state index in [1.165, 1.54) is 6.07 Å². The SMILES string of the molecule is FC1=C(NCc2cccs2)N=C(OCc2ccc(F)c(F)c2)NC1. The number of hydrogen-bond acceptors (Lipinski definition) is 5. The number of halogens is 3. The molecule has 1 aromatic carbocycles. The van der Waals surface area contributed by atoms with E-state index in [0.29, 0.717) is 12.1 Å². The molecule has 126 valence electrons. The zero-order chi connectivity index (χ0) is 16.9. The second-order valence-electron chi connectivity index (χ2n) is 4.99. The molecule has 0 spiro atoms. The summed E-state index contributed by atoms with van der Waals surface area (Å²) in [5.41, 5.74) is 0.446. The number of nitrogens with zero attached hydrogens (tertiary/aromatic N) is 1. The second-order valence-corrected chi connectivity index (χ2v) is 6.03. The molecular formula is C16H14F3N3OS. The number of amidine groups is 1. The average molecular weight is 353 g/mol. The van der Waals surface area contributed by atoms with Crippen molar-refractivity contribution >= 4 is 17.4 Å². The van der Waals surface area contributed by atoms with Gasteiger partial charge in [-0.05, 0) is 29.1 Å². The molecule has 1 aliphatic heterocycles. The minimum Gasteiger partial charge on any atom is -0.460 e. The van der Waals surface area contributed by atoms with Crippen LogP contribution in [0, 0.1) is 11.6 Å². The van der Waals surface area contributed by atoms with Gasteiger partial charge in [-0.15, -0.1) is 11.3 Å². The zero-order valence-electron chi connectivity index (χ0n) is 12.5. The first kappa shape index (κ1) is 16.4. The van der Waals surface area contributed by atoms with Gasteiger partial charge in [-0.2, -0.15) is 4.99 Å². The van der Waals surface area contributed by atoms with Crippen molar-refractivity contribution in [2.24, 2.45) is 4.99 Å². The number of rotatable bonds is 5. The maximum atomic E-state index is 13.8. The lowest BCUT2D eigenvalue weighted by Crippen LogP contribution is -2.33. The first-order valence-electron chi connectivity index (χ1n) is 7.16. The highest BCUT2D eigenvalue weighted by Crippen LogP contribution is 2.14. The number of benzene rings is 1. The molecule has 0 fully saturated rings. The lowest BCUT2D eigenvalue weighted by Gasteiger charge is -2.18. The quantitative estimate of drug-likeness (QED) is 0.866. The molecule has 0 radical (unpaired) electrons. The summed E-state index contributed by atoms with van der Waals surface area (Å²) in [5, 5.41) is 7.53. The van der Waals surface area contributed by atoms with E-state index in [0.717, 1.165) is 17.0 Å². The molecule has 1 aliphatic rings. The molecule has 8 heteroatoms. The average Bonchev–Trinajstić information content (AvgIpc) is 3.09. The van der Waals surface area contributed by atoms with Gasteiger partial charge < -0.3 is 15.4 Å².